The molecule has 1 aliphatic rings. The highest BCUT2D eigenvalue weighted by Gasteiger charge is 2.33. The molecule has 1 heterocycles. The molecule has 2 N–H and O–H groups in total. The molecule has 1 aromatic rings. The summed E-state index contributed by atoms with van der Waals surface area (Å²) in [6.07, 6.45) is 0.218. The highest BCUT2D eigenvalue weighted by molar-refractivity contribution is 5.36. The summed E-state index contributed by atoms with van der Waals surface area (Å²) in [6, 6.07) is 0.0971. The Kier molecular flexibility index (Phi) is 3.79. The Morgan fingerprint density at radius 3 is 2.68 bits per heavy atom. The molecule has 0 unspecified atom stereocenters. The second kappa shape index (κ2) is 5.20. The fourth-order valence-corrected chi connectivity index (χ4v) is 1.90. The van der Waals surface area contributed by atoms with Crippen LogP contribution in [-0.4, -0.2) is 35.4 Å². The molecule has 1 aliphatic carbocycles. The van der Waals surface area contributed by atoms with E-state index >= 15 is 0 Å². The fourth-order valence-electron chi connectivity index (χ4n) is 1.90. The van der Waals surface area contributed by atoms with E-state index in [1.165, 1.54) is 17.0 Å². The summed E-state index contributed by atoms with van der Waals surface area (Å²) in [5.74, 6) is -0.183. The van der Waals surface area contributed by atoms with Crippen molar-refractivity contribution in [2.24, 2.45) is 5.73 Å². The predicted molar refractivity (Wildman–Crippen MR) is 64.1 cm³/mol. The monoisotopic (exact) mass is 276 g/mol. The number of hydrogen-bond donors (Lipinski definition) is 1. The summed E-state index contributed by atoms with van der Waals surface area (Å²) in [4.78, 5) is 16.8. The lowest BCUT2D eigenvalue weighted by atomic mass is 10.4. The molecular formula is C11H15F3N4O. The molecule has 0 bridgehead atoms. The molecule has 106 valence electrons. The van der Waals surface area contributed by atoms with Crippen molar-refractivity contribution in [1.82, 2.24) is 9.55 Å². The number of nitrogens with zero attached hydrogens (tertiary/aromatic N) is 3. The van der Waals surface area contributed by atoms with Crippen molar-refractivity contribution >= 4 is 5.82 Å². The zero-order valence-electron chi connectivity index (χ0n) is 10.2. The summed E-state index contributed by atoms with van der Waals surface area (Å²) in [5.41, 5.74) is 4.82. The van der Waals surface area contributed by atoms with Gasteiger partial charge < -0.3 is 15.2 Å². The van der Waals surface area contributed by atoms with Crippen LogP contribution in [0.5, 0.6) is 0 Å². The molecule has 2 rings (SSSR count). The van der Waals surface area contributed by atoms with Gasteiger partial charge in [-0.05, 0) is 12.8 Å². The van der Waals surface area contributed by atoms with Gasteiger partial charge >= 0.3 is 6.18 Å². The molecule has 0 aromatic carbocycles. The molecule has 0 aliphatic heterocycles. The summed E-state index contributed by atoms with van der Waals surface area (Å²) >= 11 is 0. The minimum Gasteiger partial charge on any atom is -0.342 e. The van der Waals surface area contributed by atoms with Gasteiger partial charge in [0, 0.05) is 31.5 Å². The van der Waals surface area contributed by atoms with E-state index in [0.717, 1.165) is 17.7 Å². The third kappa shape index (κ3) is 3.46. The van der Waals surface area contributed by atoms with Crippen LogP contribution in [-0.2, 0) is 0 Å². The number of halogens is 3. The third-order valence-corrected chi connectivity index (χ3v) is 2.86. The predicted octanol–water partition coefficient (Wildman–Crippen LogP) is 0.906. The van der Waals surface area contributed by atoms with Crippen molar-refractivity contribution in [3.63, 3.8) is 0 Å². The fraction of sp³-hybridized carbons (Fsp3) is 0.636. The number of rotatable bonds is 5. The number of nitrogens with two attached hydrogens (primary N) is 1. The summed E-state index contributed by atoms with van der Waals surface area (Å²) in [6.45, 7) is -1.26. The Hall–Kier alpha value is -1.57. The van der Waals surface area contributed by atoms with Crippen LogP contribution in [0.3, 0.4) is 0 Å². The summed E-state index contributed by atoms with van der Waals surface area (Å²) in [7, 11) is 0. The SMILES string of the molecule is NCCN(CC(F)(F)F)c1nccn(C2CC2)c1=O. The van der Waals surface area contributed by atoms with Gasteiger partial charge in [-0.2, -0.15) is 13.2 Å². The second-order valence-electron chi connectivity index (χ2n) is 4.52. The van der Waals surface area contributed by atoms with E-state index in [9.17, 15) is 18.0 Å². The average Bonchev–Trinajstić information content (AvgIpc) is 3.11. The molecule has 19 heavy (non-hydrogen) atoms. The Bertz CT molecular complexity index is 495. The summed E-state index contributed by atoms with van der Waals surface area (Å²) < 4.78 is 38.9. The zero-order valence-corrected chi connectivity index (χ0v) is 10.2. The normalized spacial score (nSPS) is 15.6. The molecule has 1 saturated carbocycles. The van der Waals surface area contributed by atoms with Crippen molar-refractivity contribution in [1.29, 1.82) is 0 Å². The maximum Gasteiger partial charge on any atom is 0.405 e. The van der Waals surface area contributed by atoms with E-state index in [4.69, 9.17) is 5.73 Å². The first-order valence-corrected chi connectivity index (χ1v) is 6.01. The van der Waals surface area contributed by atoms with Gasteiger partial charge in [-0.15, -0.1) is 0 Å². The van der Waals surface area contributed by atoms with Crippen molar-refractivity contribution in [3.8, 4) is 0 Å². The van der Waals surface area contributed by atoms with Crippen molar-refractivity contribution < 1.29 is 13.2 Å². The molecule has 0 radical (unpaired) electrons. The lowest BCUT2D eigenvalue weighted by molar-refractivity contribution is -0.119. The Balaban J connectivity index is 2.30. The first-order chi connectivity index (χ1) is 8.92. The maximum absolute atomic E-state index is 12.5. The molecule has 0 spiro atoms. The van der Waals surface area contributed by atoms with Gasteiger partial charge in [0.15, 0.2) is 5.82 Å². The van der Waals surface area contributed by atoms with Gasteiger partial charge in [0.25, 0.3) is 5.56 Å². The van der Waals surface area contributed by atoms with Crippen LogP contribution in [0.1, 0.15) is 18.9 Å². The van der Waals surface area contributed by atoms with Crippen molar-refractivity contribution in [2.45, 2.75) is 25.1 Å². The van der Waals surface area contributed by atoms with Gasteiger partial charge in [-0.1, -0.05) is 0 Å². The van der Waals surface area contributed by atoms with E-state index < -0.39 is 18.3 Å². The second-order valence-corrected chi connectivity index (χ2v) is 4.52. The van der Waals surface area contributed by atoms with Gasteiger partial charge in [-0.3, -0.25) is 4.79 Å². The van der Waals surface area contributed by atoms with E-state index in [0.29, 0.717) is 0 Å². The van der Waals surface area contributed by atoms with Crippen LogP contribution in [0.2, 0.25) is 0 Å². The number of hydrogen-bond acceptors (Lipinski definition) is 4. The van der Waals surface area contributed by atoms with Crippen LogP contribution in [0.25, 0.3) is 0 Å². The van der Waals surface area contributed by atoms with Gasteiger partial charge in [0.2, 0.25) is 0 Å². The van der Waals surface area contributed by atoms with E-state index in [2.05, 4.69) is 4.98 Å². The van der Waals surface area contributed by atoms with Crippen LogP contribution in [0.15, 0.2) is 17.2 Å². The molecule has 0 saturated heterocycles. The maximum atomic E-state index is 12.5. The molecule has 1 aromatic heterocycles. The quantitative estimate of drug-likeness (QED) is 0.868. The molecular weight excluding hydrogens is 261 g/mol. The van der Waals surface area contributed by atoms with E-state index in [1.807, 2.05) is 0 Å². The Morgan fingerprint density at radius 2 is 2.16 bits per heavy atom. The van der Waals surface area contributed by atoms with Crippen LogP contribution >= 0.6 is 0 Å². The highest BCUT2D eigenvalue weighted by atomic mass is 19.4. The lowest BCUT2D eigenvalue weighted by Crippen LogP contribution is -2.42. The number of anilines is 1. The number of alkyl halides is 3. The average molecular weight is 276 g/mol. The lowest BCUT2D eigenvalue weighted by Gasteiger charge is -2.24. The van der Waals surface area contributed by atoms with Crippen molar-refractivity contribution in [3.05, 3.63) is 22.7 Å². The van der Waals surface area contributed by atoms with E-state index in [-0.39, 0.29) is 24.9 Å². The molecule has 1 fully saturated rings. The minimum absolute atomic E-state index is 0.0233. The van der Waals surface area contributed by atoms with Crippen LogP contribution in [0.4, 0.5) is 19.0 Å². The first-order valence-electron chi connectivity index (χ1n) is 6.01. The van der Waals surface area contributed by atoms with E-state index in [1.54, 1.807) is 0 Å². The van der Waals surface area contributed by atoms with Gasteiger partial charge in [-0.25, -0.2) is 4.98 Å². The highest BCUT2D eigenvalue weighted by Crippen LogP contribution is 2.33. The van der Waals surface area contributed by atoms with Crippen LogP contribution < -0.4 is 16.2 Å². The third-order valence-electron chi connectivity index (χ3n) is 2.86. The largest absolute Gasteiger partial charge is 0.405 e. The molecule has 0 atom stereocenters. The van der Waals surface area contributed by atoms with Gasteiger partial charge in [0.05, 0.1) is 0 Å². The standard InChI is InChI=1S/C11H15F3N4O/c12-11(13,14)7-17(5-3-15)9-10(19)18(6-4-16-9)8-1-2-8/h4,6,8H,1-3,5,7,15H2. The molecule has 0 amide bonds. The first kappa shape index (κ1) is 13.9. The molecule has 8 heteroatoms. The topological polar surface area (TPSA) is 64.2 Å². The van der Waals surface area contributed by atoms with Gasteiger partial charge in [0.1, 0.15) is 6.54 Å². The smallest absolute Gasteiger partial charge is 0.342 e. The zero-order chi connectivity index (χ0) is 14.0. The number of aromatic nitrogens is 2. The Morgan fingerprint density at radius 1 is 1.47 bits per heavy atom. The molecule has 5 nitrogen and oxygen atoms in total. The minimum atomic E-state index is -4.40. The summed E-state index contributed by atoms with van der Waals surface area (Å²) in [5, 5.41) is 0. The van der Waals surface area contributed by atoms with Crippen LogP contribution in [0, 0.1) is 0 Å². The Labute approximate surface area is 107 Å². The van der Waals surface area contributed by atoms with Crippen molar-refractivity contribution in [2.75, 3.05) is 24.5 Å².